The second kappa shape index (κ2) is 5.93. The van der Waals surface area contributed by atoms with Crippen molar-refractivity contribution < 1.29 is 9.53 Å². The van der Waals surface area contributed by atoms with E-state index in [-0.39, 0.29) is 17.9 Å². The molecule has 0 aromatic carbocycles. The number of hydrogen-bond acceptors (Lipinski definition) is 4. The van der Waals surface area contributed by atoms with E-state index in [0.29, 0.717) is 19.8 Å². The predicted octanol–water partition coefficient (Wildman–Crippen LogP) is 0.241. The molecule has 2 heterocycles. The first-order chi connectivity index (χ1) is 8.72. The highest BCUT2D eigenvalue weighted by Crippen LogP contribution is 2.14. The average Bonchev–Trinajstić information content (AvgIpc) is 2.86. The first-order valence-electron chi connectivity index (χ1n) is 6.14. The van der Waals surface area contributed by atoms with Crippen LogP contribution < -0.4 is 10.6 Å². The molecule has 1 aromatic heterocycles. The highest BCUT2D eigenvalue weighted by atomic mass is 16.5. The van der Waals surface area contributed by atoms with E-state index < -0.39 is 0 Å². The van der Waals surface area contributed by atoms with Gasteiger partial charge in [-0.2, -0.15) is 0 Å². The molecule has 2 atom stereocenters. The zero-order valence-corrected chi connectivity index (χ0v) is 10.8. The van der Waals surface area contributed by atoms with E-state index in [1.54, 1.807) is 12.4 Å². The van der Waals surface area contributed by atoms with Gasteiger partial charge in [0.05, 0.1) is 19.1 Å². The molecule has 0 radical (unpaired) electrons. The first kappa shape index (κ1) is 13.0. The van der Waals surface area contributed by atoms with Crippen LogP contribution in [0.1, 0.15) is 11.1 Å². The molecule has 1 fully saturated rings. The van der Waals surface area contributed by atoms with Crippen LogP contribution in [0.15, 0.2) is 18.5 Å². The molecule has 0 saturated carbocycles. The van der Waals surface area contributed by atoms with Crippen LogP contribution >= 0.6 is 0 Å². The van der Waals surface area contributed by atoms with Crippen molar-refractivity contribution in [3.8, 4) is 0 Å². The Morgan fingerprint density at radius 1 is 1.56 bits per heavy atom. The van der Waals surface area contributed by atoms with Crippen molar-refractivity contribution in [1.29, 1.82) is 0 Å². The largest absolute Gasteiger partial charge is 0.379 e. The molecule has 5 nitrogen and oxygen atoms in total. The number of nitrogens with one attached hydrogen (secondary N) is 2. The fourth-order valence-corrected chi connectivity index (χ4v) is 2.09. The molecule has 0 spiro atoms. The Kier molecular flexibility index (Phi) is 4.28. The van der Waals surface area contributed by atoms with E-state index >= 15 is 0 Å². The van der Waals surface area contributed by atoms with Crippen LogP contribution in [0, 0.1) is 12.8 Å². The van der Waals surface area contributed by atoms with Gasteiger partial charge < -0.3 is 15.4 Å². The van der Waals surface area contributed by atoms with Gasteiger partial charge in [-0.3, -0.25) is 9.78 Å². The van der Waals surface area contributed by atoms with Gasteiger partial charge in [-0.15, -0.1) is 0 Å². The number of amides is 1. The number of carbonyl (C=O) groups is 1. The Hall–Kier alpha value is -1.46. The molecule has 2 N–H and O–H groups in total. The van der Waals surface area contributed by atoms with Gasteiger partial charge in [0.25, 0.3) is 0 Å². The third-order valence-electron chi connectivity index (χ3n) is 3.39. The molecule has 1 aliphatic heterocycles. The van der Waals surface area contributed by atoms with Gasteiger partial charge in [-0.05, 0) is 31.2 Å². The molecule has 1 amide bonds. The van der Waals surface area contributed by atoms with Gasteiger partial charge >= 0.3 is 0 Å². The molecule has 18 heavy (non-hydrogen) atoms. The number of nitrogens with zero attached hydrogens (tertiary/aromatic N) is 1. The summed E-state index contributed by atoms with van der Waals surface area (Å²) in [5.74, 6) is -0.0675. The Balaban J connectivity index is 1.90. The van der Waals surface area contributed by atoms with Crippen LogP contribution in [0.5, 0.6) is 0 Å². The topological polar surface area (TPSA) is 63.2 Å². The highest BCUT2D eigenvalue weighted by Gasteiger charge is 2.32. The summed E-state index contributed by atoms with van der Waals surface area (Å²) in [6.45, 7) is 3.62. The monoisotopic (exact) mass is 249 g/mol. The molecule has 0 aliphatic carbocycles. The predicted molar refractivity (Wildman–Crippen MR) is 68.0 cm³/mol. The molecule has 98 valence electrons. The zero-order chi connectivity index (χ0) is 13.0. The number of likely N-dealkylation sites (N-methyl/N-ethyl adjacent to an activating group) is 1. The minimum absolute atomic E-state index is 0.0371. The smallest absolute Gasteiger partial charge is 0.227 e. The number of aryl methyl sites for hydroxylation is 1. The molecule has 0 bridgehead atoms. The number of aromatic nitrogens is 1. The lowest BCUT2D eigenvalue weighted by atomic mass is 10.0. The summed E-state index contributed by atoms with van der Waals surface area (Å²) in [5.41, 5.74) is 2.18. The van der Waals surface area contributed by atoms with Crippen LogP contribution in [0.25, 0.3) is 0 Å². The molecule has 2 rings (SSSR count). The summed E-state index contributed by atoms with van der Waals surface area (Å²) in [6, 6.07) is 2.05. The van der Waals surface area contributed by atoms with Gasteiger partial charge in [0.2, 0.25) is 5.91 Å². The first-order valence-corrected chi connectivity index (χ1v) is 6.14. The number of carbonyl (C=O) groups excluding carboxylic acids is 1. The number of pyridine rings is 1. The second-order valence-corrected chi connectivity index (χ2v) is 4.56. The molecular weight excluding hydrogens is 230 g/mol. The van der Waals surface area contributed by atoms with Crippen LogP contribution in [-0.4, -0.2) is 37.2 Å². The summed E-state index contributed by atoms with van der Waals surface area (Å²) in [7, 11) is 1.85. The van der Waals surface area contributed by atoms with E-state index in [1.165, 1.54) is 0 Å². The lowest BCUT2D eigenvalue weighted by molar-refractivity contribution is -0.125. The lowest BCUT2D eigenvalue weighted by Crippen LogP contribution is -2.42. The Morgan fingerprint density at radius 3 is 3.11 bits per heavy atom. The van der Waals surface area contributed by atoms with Crippen molar-refractivity contribution in [1.82, 2.24) is 15.6 Å². The maximum atomic E-state index is 12.0. The van der Waals surface area contributed by atoms with Crippen LogP contribution in [0.3, 0.4) is 0 Å². The van der Waals surface area contributed by atoms with Crippen molar-refractivity contribution in [2.24, 2.45) is 5.92 Å². The van der Waals surface area contributed by atoms with Gasteiger partial charge in [0.15, 0.2) is 0 Å². The fraction of sp³-hybridized carbons (Fsp3) is 0.538. The van der Waals surface area contributed by atoms with Crippen molar-refractivity contribution in [2.45, 2.75) is 19.5 Å². The summed E-state index contributed by atoms with van der Waals surface area (Å²) in [6.07, 6.45) is 3.54. The second-order valence-electron chi connectivity index (χ2n) is 4.56. The van der Waals surface area contributed by atoms with E-state index in [4.69, 9.17) is 4.74 Å². The zero-order valence-electron chi connectivity index (χ0n) is 10.8. The lowest BCUT2D eigenvalue weighted by Gasteiger charge is -2.16. The summed E-state index contributed by atoms with van der Waals surface area (Å²) >= 11 is 0. The van der Waals surface area contributed by atoms with Crippen LogP contribution in [0.4, 0.5) is 0 Å². The summed E-state index contributed by atoms with van der Waals surface area (Å²) < 4.78 is 5.32. The van der Waals surface area contributed by atoms with E-state index in [9.17, 15) is 4.79 Å². The fourth-order valence-electron chi connectivity index (χ4n) is 2.09. The van der Waals surface area contributed by atoms with Gasteiger partial charge in [-0.1, -0.05) is 0 Å². The third kappa shape index (κ3) is 2.86. The van der Waals surface area contributed by atoms with Crippen molar-refractivity contribution >= 4 is 5.91 Å². The standard InChI is InChI=1S/C13H19N3O2/c1-9-3-4-15-5-10(9)6-16-13(17)11-7-18-8-12(11)14-2/h3-5,11-12,14H,6-8H2,1-2H3,(H,16,17). The highest BCUT2D eigenvalue weighted by molar-refractivity contribution is 5.79. The van der Waals surface area contributed by atoms with E-state index in [2.05, 4.69) is 15.6 Å². The minimum atomic E-state index is -0.105. The van der Waals surface area contributed by atoms with E-state index in [1.807, 2.05) is 20.0 Å². The maximum absolute atomic E-state index is 12.0. The quantitative estimate of drug-likeness (QED) is 0.802. The minimum Gasteiger partial charge on any atom is -0.379 e. The van der Waals surface area contributed by atoms with E-state index in [0.717, 1.165) is 11.1 Å². The Bertz CT molecular complexity index is 422. The van der Waals surface area contributed by atoms with Crippen LogP contribution in [0.2, 0.25) is 0 Å². The molecule has 1 saturated heterocycles. The molecule has 2 unspecified atom stereocenters. The van der Waals surface area contributed by atoms with Crippen molar-refractivity contribution in [3.05, 3.63) is 29.6 Å². The van der Waals surface area contributed by atoms with Gasteiger partial charge in [0, 0.05) is 25.0 Å². The third-order valence-corrected chi connectivity index (χ3v) is 3.39. The molecule has 1 aliphatic rings. The Labute approximate surface area is 107 Å². The molecule has 5 heteroatoms. The van der Waals surface area contributed by atoms with Crippen LogP contribution in [-0.2, 0) is 16.1 Å². The number of rotatable bonds is 4. The Morgan fingerprint density at radius 2 is 2.39 bits per heavy atom. The average molecular weight is 249 g/mol. The van der Waals surface area contributed by atoms with Gasteiger partial charge in [0.1, 0.15) is 0 Å². The molecule has 1 aromatic rings. The van der Waals surface area contributed by atoms with Crippen molar-refractivity contribution in [3.63, 3.8) is 0 Å². The normalized spacial score (nSPS) is 23.0. The SMILES string of the molecule is CNC1COCC1C(=O)NCc1cnccc1C. The van der Waals surface area contributed by atoms with Gasteiger partial charge in [-0.25, -0.2) is 0 Å². The van der Waals surface area contributed by atoms with Crippen molar-refractivity contribution in [2.75, 3.05) is 20.3 Å². The summed E-state index contributed by atoms with van der Waals surface area (Å²) in [5, 5.41) is 6.05. The maximum Gasteiger partial charge on any atom is 0.227 e. The molecular formula is C13H19N3O2. The number of ether oxygens (including phenoxy) is 1. The number of hydrogen-bond donors (Lipinski definition) is 2. The summed E-state index contributed by atoms with van der Waals surface area (Å²) in [4.78, 5) is 16.1.